The molecule has 3 N–H and O–H groups in total. The highest BCUT2D eigenvalue weighted by atomic mass is 35.5. The number of hydrogen-bond donors (Lipinski definition) is 3. The van der Waals surface area contributed by atoms with E-state index in [-0.39, 0.29) is 29.8 Å². The third-order valence-electron chi connectivity index (χ3n) is 10.7. The predicted octanol–water partition coefficient (Wildman–Crippen LogP) is 5.96. The number of aryl methyl sites for hydroxylation is 2. The number of methoxy groups -OCH3 is 1. The Kier molecular flexibility index (Phi) is 9.02. The van der Waals surface area contributed by atoms with Gasteiger partial charge in [-0.15, -0.1) is 0 Å². The molecule has 5 heterocycles. The van der Waals surface area contributed by atoms with Gasteiger partial charge in [-0.25, -0.2) is 19.4 Å². The molecule has 0 unspecified atom stereocenters. The SMILES string of the molecule is COc1nc(-c2cccc(-c3cccc(Nc4nccc5cnn(C)c(=O)c45)c3Cl)c2Cl)cc2c1[C@@H](N1CC[C@]3(CCN(CCO)C(=O)N3)C1)CC2. The van der Waals surface area contributed by atoms with Gasteiger partial charge in [-0.1, -0.05) is 53.5 Å². The van der Waals surface area contributed by atoms with Crippen LogP contribution in [0.15, 0.2) is 65.7 Å². The van der Waals surface area contributed by atoms with Crippen LogP contribution in [0.5, 0.6) is 5.88 Å². The normalized spacial score (nSPS) is 20.1. The van der Waals surface area contributed by atoms with E-state index < -0.39 is 0 Å². The molecule has 1 aliphatic carbocycles. The second-order valence-corrected chi connectivity index (χ2v) is 14.4. The van der Waals surface area contributed by atoms with Crippen molar-refractivity contribution in [2.75, 3.05) is 45.2 Å². The van der Waals surface area contributed by atoms with E-state index in [1.807, 2.05) is 36.4 Å². The summed E-state index contributed by atoms with van der Waals surface area (Å²) >= 11 is 14.2. The van der Waals surface area contributed by atoms with Crippen molar-refractivity contribution in [3.05, 3.63) is 92.5 Å². The van der Waals surface area contributed by atoms with Crippen molar-refractivity contribution in [3.63, 3.8) is 0 Å². The second-order valence-electron chi connectivity index (χ2n) is 13.7. The summed E-state index contributed by atoms with van der Waals surface area (Å²) in [5, 5.41) is 22.0. The van der Waals surface area contributed by atoms with Gasteiger partial charge in [0.15, 0.2) is 0 Å². The molecule has 2 aliphatic heterocycles. The topological polar surface area (TPSA) is 138 Å². The van der Waals surface area contributed by atoms with Gasteiger partial charge in [0.25, 0.3) is 5.56 Å². The molecular weight excluding hydrogens is 703 g/mol. The van der Waals surface area contributed by atoms with Crippen LogP contribution in [0.3, 0.4) is 0 Å². The number of nitrogens with zero attached hydrogens (tertiary/aromatic N) is 6. The quantitative estimate of drug-likeness (QED) is 0.176. The molecule has 2 aromatic carbocycles. The monoisotopic (exact) mass is 740 g/mol. The first-order valence-electron chi connectivity index (χ1n) is 17.4. The van der Waals surface area contributed by atoms with Gasteiger partial charge in [-0.3, -0.25) is 9.69 Å². The first kappa shape index (κ1) is 34.3. The van der Waals surface area contributed by atoms with Crippen LogP contribution in [-0.4, -0.2) is 86.1 Å². The lowest BCUT2D eigenvalue weighted by Crippen LogP contribution is -2.61. The minimum atomic E-state index is -0.270. The highest BCUT2D eigenvalue weighted by Gasteiger charge is 2.46. The van der Waals surface area contributed by atoms with E-state index in [0.717, 1.165) is 55.5 Å². The molecule has 0 saturated carbocycles. The molecule has 5 aromatic rings. The number of amides is 2. The van der Waals surface area contributed by atoms with Crippen molar-refractivity contribution in [3.8, 4) is 28.3 Å². The highest BCUT2D eigenvalue weighted by Crippen LogP contribution is 2.47. The summed E-state index contributed by atoms with van der Waals surface area (Å²) in [4.78, 5) is 39.3. The second kappa shape index (κ2) is 13.7. The third-order valence-corrected chi connectivity index (χ3v) is 11.5. The zero-order valence-corrected chi connectivity index (χ0v) is 30.3. The molecule has 2 saturated heterocycles. The van der Waals surface area contributed by atoms with Gasteiger partial charge in [-0.05, 0) is 49.4 Å². The van der Waals surface area contributed by atoms with Crippen molar-refractivity contribution < 1.29 is 14.6 Å². The number of hydrogen-bond acceptors (Lipinski definition) is 9. The summed E-state index contributed by atoms with van der Waals surface area (Å²) in [5.41, 5.74) is 5.19. The van der Waals surface area contributed by atoms with E-state index in [1.165, 1.54) is 10.2 Å². The van der Waals surface area contributed by atoms with E-state index in [4.69, 9.17) is 32.9 Å². The number of aliphatic hydroxyl groups excluding tert-OH is 1. The summed E-state index contributed by atoms with van der Waals surface area (Å²) in [6, 6.07) is 15.3. The number of pyridine rings is 2. The first-order valence-corrected chi connectivity index (χ1v) is 18.1. The van der Waals surface area contributed by atoms with Crippen LogP contribution in [-0.2, 0) is 13.5 Å². The number of fused-ring (bicyclic) bond motifs is 2. The number of likely N-dealkylation sites (tertiary alicyclic amines) is 1. The maximum absolute atomic E-state index is 13.0. The summed E-state index contributed by atoms with van der Waals surface area (Å²) in [6.45, 7) is 2.57. The van der Waals surface area contributed by atoms with E-state index >= 15 is 0 Å². The van der Waals surface area contributed by atoms with Crippen LogP contribution in [0.25, 0.3) is 33.2 Å². The van der Waals surface area contributed by atoms with Crippen LogP contribution in [0.2, 0.25) is 10.0 Å². The van der Waals surface area contributed by atoms with Gasteiger partial charge < -0.3 is 25.4 Å². The zero-order chi connectivity index (χ0) is 36.1. The fraction of sp³-hybridized carbons (Fsp3) is 0.342. The molecule has 268 valence electrons. The van der Waals surface area contributed by atoms with E-state index in [9.17, 15) is 14.7 Å². The zero-order valence-electron chi connectivity index (χ0n) is 28.8. The number of ether oxygens (including phenoxy) is 1. The van der Waals surface area contributed by atoms with Crippen molar-refractivity contribution in [2.45, 2.75) is 37.3 Å². The number of rotatable bonds is 8. The van der Waals surface area contributed by atoms with E-state index in [2.05, 4.69) is 31.7 Å². The molecule has 0 radical (unpaired) electrons. The van der Waals surface area contributed by atoms with Crippen molar-refractivity contribution in [1.29, 1.82) is 0 Å². The van der Waals surface area contributed by atoms with Crippen molar-refractivity contribution in [2.24, 2.45) is 7.05 Å². The Morgan fingerprint density at radius 2 is 1.83 bits per heavy atom. The number of β-amino-alcohol motifs (C(OH)–C–C–N with tert-alkyl or cyclic N) is 1. The van der Waals surface area contributed by atoms with Gasteiger partial charge in [0, 0.05) is 73.1 Å². The summed E-state index contributed by atoms with van der Waals surface area (Å²) in [7, 11) is 3.25. The van der Waals surface area contributed by atoms with E-state index in [0.29, 0.717) is 62.5 Å². The summed E-state index contributed by atoms with van der Waals surface area (Å²) < 4.78 is 7.23. The molecular formula is C38H38Cl2N8O4. The van der Waals surface area contributed by atoms with Crippen molar-refractivity contribution >= 4 is 51.5 Å². The van der Waals surface area contributed by atoms with Crippen LogP contribution >= 0.6 is 23.2 Å². The van der Waals surface area contributed by atoms with Gasteiger partial charge in [0.05, 0.1) is 52.3 Å². The molecule has 2 fully saturated rings. The summed E-state index contributed by atoms with van der Waals surface area (Å²) in [6.07, 6.45) is 6.76. The smallest absolute Gasteiger partial charge is 0.317 e. The Hall–Kier alpha value is -4.75. The average molecular weight is 742 g/mol. The van der Waals surface area contributed by atoms with Crippen LogP contribution in [0.4, 0.5) is 16.3 Å². The molecule has 2 atom stereocenters. The van der Waals surface area contributed by atoms with Gasteiger partial charge in [0.2, 0.25) is 5.88 Å². The Morgan fingerprint density at radius 3 is 2.62 bits per heavy atom. The Bertz CT molecular complexity index is 2280. The number of aromatic nitrogens is 4. The lowest BCUT2D eigenvalue weighted by atomic mass is 9.92. The lowest BCUT2D eigenvalue weighted by molar-refractivity contribution is 0.127. The Balaban J connectivity index is 1.08. The highest BCUT2D eigenvalue weighted by molar-refractivity contribution is 6.39. The number of anilines is 2. The van der Waals surface area contributed by atoms with Crippen molar-refractivity contribution in [1.82, 2.24) is 34.9 Å². The molecule has 14 heteroatoms. The minimum absolute atomic E-state index is 0.0405. The number of carbonyl (C=O) groups is 1. The molecule has 3 aromatic heterocycles. The fourth-order valence-corrected chi connectivity index (χ4v) is 8.64. The number of halogens is 2. The van der Waals surface area contributed by atoms with Crippen LogP contribution in [0.1, 0.15) is 36.4 Å². The fourth-order valence-electron chi connectivity index (χ4n) is 8.04. The largest absolute Gasteiger partial charge is 0.481 e. The number of benzene rings is 2. The number of nitrogens with one attached hydrogen (secondary N) is 2. The maximum atomic E-state index is 13.0. The number of carbonyl (C=O) groups excluding carboxylic acids is 1. The molecule has 2 amide bonds. The molecule has 1 spiro atoms. The predicted molar refractivity (Wildman–Crippen MR) is 202 cm³/mol. The average Bonchev–Trinajstić information content (AvgIpc) is 3.76. The number of aliphatic hydroxyl groups is 1. The van der Waals surface area contributed by atoms with Crippen LogP contribution < -0.4 is 20.9 Å². The molecule has 8 rings (SSSR count). The Labute approximate surface area is 310 Å². The van der Waals surface area contributed by atoms with E-state index in [1.54, 1.807) is 37.5 Å². The summed E-state index contributed by atoms with van der Waals surface area (Å²) in [5.74, 6) is 0.955. The third kappa shape index (κ3) is 5.93. The lowest BCUT2D eigenvalue weighted by Gasteiger charge is -2.40. The van der Waals surface area contributed by atoms with Gasteiger partial charge in [0.1, 0.15) is 5.82 Å². The van der Waals surface area contributed by atoms with Gasteiger partial charge >= 0.3 is 6.03 Å². The molecule has 12 nitrogen and oxygen atoms in total. The Morgan fingerprint density at radius 1 is 1.06 bits per heavy atom. The molecule has 0 bridgehead atoms. The molecule has 3 aliphatic rings. The number of urea groups is 1. The van der Waals surface area contributed by atoms with Gasteiger partial charge in [-0.2, -0.15) is 5.10 Å². The van der Waals surface area contributed by atoms with Crippen LogP contribution in [0, 0.1) is 0 Å². The first-order chi connectivity index (χ1) is 25.2. The minimum Gasteiger partial charge on any atom is -0.481 e. The standard InChI is InChI=1S/C38H38Cl2N8O4/c1-46-36(50)31-23(20-42-46)11-14-41-34(31)43-27-8-4-6-25(33(27)40)24-5-3-7-26(32(24)39)28-19-22-9-10-29(30(22)35(44-28)52-2)48-16-13-38(21-48)12-15-47(17-18-49)37(51)45-38/h3-8,11,14,19-20,29,49H,9-10,12-13,15-18,21H2,1-2H3,(H,41,43)(H,45,51)/t29-,38+/m0/s1. The maximum Gasteiger partial charge on any atom is 0.317 e. The molecule has 52 heavy (non-hydrogen) atoms.